The fraction of sp³-hybridized carbons (Fsp3) is 0.357. The van der Waals surface area contributed by atoms with E-state index in [9.17, 15) is 13.6 Å². The minimum Gasteiger partial charge on any atom is -0.299 e. The second-order valence-corrected chi connectivity index (χ2v) is 10.3. The maximum atomic E-state index is 14.3. The second-order valence-electron chi connectivity index (χ2n) is 5.33. The summed E-state index contributed by atoms with van der Waals surface area (Å²) in [7, 11) is -2.54. The third-order valence-corrected chi connectivity index (χ3v) is 4.46. The standard InChI is InChI=1S/C14H18F2OSi/c1-5-12(11-9-7-6-8-10-11)14(15,16)13(17)18(2,3)4/h5-10,12H,1H2,2-4H3. The normalized spacial score (nSPS) is 14.1. The molecule has 1 nitrogen and oxygen atoms in total. The van der Waals surface area contributed by atoms with E-state index < -0.39 is 25.3 Å². The zero-order chi connectivity index (χ0) is 14.0. The summed E-state index contributed by atoms with van der Waals surface area (Å²) in [6.07, 6.45) is 1.16. The maximum Gasteiger partial charge on any atom is 0.310 e. The molecule has 1 rings (SSSR count). The summed E-state index contributed by atoms with van der Waals surface area (Å²) < 4.78 is 28.6. The van der Waals surface area contributed by atoms with Crippen LogP contribution in [-0.2, 0) is 4.79 Å². The van der Waals surface area contributed by atoms with E-state index in [1.165, 1.54) is 0 Å². The van der Waals surface area contributed by atoms with Crippen molar-refractivity contribution in [2.24, 2.45) is 0 Å². The number of carbonyl (C=O) groups excluding carboxylic acids is 1. The monoisotopic (exact) mass is 268 g/mol. The van der Waals surface area contributed by atoms with Gasteiger partial charge in [-0.15, -0.1) is 6.58 Å². The van der Waals surface area contributed by atoms with E-state index in [4.69, 9.17) is 0 Å². The van der Waals surface area contributed by atoms with Crippen LogP contribution in [0.1, 0.15) is 11.5 Å². The topological polar surface area (TPSA) is 17.1 Å². The van der Waals surface area contributed by atoms with Crippen molar-refractivity contribution in [2.45, 2.75) is 31.5 Å². The maximum absolute atomic E-state index is 14.3. The molecule has 0 aliphatic heterocycles. The largest absolute Gasteiger partial charge is 0.310 e. The Hall–Kier alpha value is -1.29. The number of benzene rings is 1. The molecule has 0 amide bonds. The first-order valence-corrected chi connectivity index (χ1v) is 9.31. The molecular weight excluding hydrogens is 250 g/mol. The van der Waals surface area contributed by atoms with Gasteiger partial charge in [-0.05, 0) is 5.56 Å². The lowest BCUT2D eigenvalue weighted by Crippen LogP contribution is -2.49. The fourth-order valence-corrected chi connectivity index (χ4v) is 2.95. The van der Waals surface area contributed by atoms with E-state index in [1.807, 2.05) is 0 Å². The summed E-state index contributed by atoms with van der Waals surface area (Å²) >= 11 is 0. The van der Waals surface area contributed by atoms with Gasteiger partial charge >= 0.3 is 5.92 Å². The zero-order valence-corrected chi connectivity index (χ0v) is 11.9. The van der Waals surface area contributed by atoms with Crippen LogP contribution in [-0.4, -0.2) is 19.4 Å². The summed E-state index contributed by atoms with van der Waals surface area (Å²) in [6.45, 7) is 8.35. The second kappa shape index (κ2) is 5.14. The van der Waals surface area contributed by atoms with Gasteiger partial charge in [-0.25, -0.2) is 0 Å². The molecule has 0 saturated heterocycles. The van der Waals surface area contributed by atoms with E-state index in [0.29, 0.717) is 5.56 Å². The van der Waals surface area contributed by atoms with Gasteiger partial charge in [0.05, 0.1) is 5.92 Å². The minimum absolute atomic E-state index is 0.420. The van der Waals surface area contributed by atoms with E-state index in [-0.39, 0.29) is 0 Å². The van der Waals surface area contributed by atoms with Crippen molar-refractivity contribution >= 4 is 13.5 Å². The highest BCUT2D eigenvalue weighted by Gasteiger charge is 2.50. The Morgan fingerprint density at radius 1 is 1.28 bits per heavy atom. The molecule has 4 heteroatoms. The van der Waals surface area contributed by atoms with Gasteiger partial charge in [0.2, 0.25) is 0 Å². The van der Waals surface area contributed by atoms with Gasteiger partial charge in [0.1, 0.15) is 8.07 Å². The third-order valence-electron chi connectivity index (χ3n) is 2.77. The molecule has 0 aromatic heterocycles. The highest BCUT2D eigenvalue weighted by Crippen LogP contribution is 2.37. The average molecular weight is 268 g/mol. The molecule has 0 aliphatic rings. The number of allylic oxidation sites excluding steroid dienone is 1. The molecule has 0 fully saturated rings. The molecule has 18 heavy (non-hydrogen) atoms. The van der Waals surface area contributed by atoms with Gasteiger partial charge in [-0.1, -0.05) is 56.0 Å². The molecule has 0 aliphatic carbocycles. The lowest BCUT2D eigenvalue weighted by molar-refractivity contribution is -0.136. The summed E-state index contributed by atoms with van der Waals surface area (Å²) in [5.74, 6) is -4.63. The predicted molar refractivity (Wildman–Crippen MR) is 72.7 cm³/mol. The van der Waals surface area contributed by atoms with Crippen LogP contribution in [0.15, 0.2) is 43.0 Å². The molecule has 1 atom stereocenters. The first kappa shape index (κ1) is 14.8. The molecular formula is C14H18F2OSi. The molecule has 0 N–H and O–H groups in total. The average Bonchev–Trinajstić information content (AvgIpc) is 2.29. The Morgan fingerprint density at radius 2 is 1.78 bits per heavy atom. The fourth-order valence-electron chi connectivity index (χ4n) is 1.80. The number of hydrogen-bond acceptors (Lipinski definition) is 1. The van der Waals surface area contributed by atoms with Crippen molar-refractivity contribution in [3.8, 4) is 0 Å². The van der Waals surface area contributed by atoms with Crippen LogP contribution in [0.3, 0.4) is 0 Å². The van der Waals surface area contributed by atoms with Crippen molar-refractivity contribution in [1.82, 2.24) is 0 Å². The number of carbonyl (C=O) groups is 1. The van der Waals surface area contributed by atoms with Crippen molar-refractivity contribution in [2.75, 3.05) is 0 Å². The van der Waals surface area contributed by atoms with Gasteiger partial charge in [-0.2, -0.15) is 8.78 Å². The number of rotatable bonds is 5. The number of hydrogen-bond donors (Lipinski definition) is 0. The van der Waals surface area contributed by atoms with Gasteiger partial charge < -0.3 is 0 Å². The Kier molecular flexibility index (Phi) is 4.22. The third kappa shape index (κ3) is 2.93. The number of halogens is 2. The quantitative estimate of drug-likeness (QED) is 0.582. The van der Waals surface area contributed by atoms with Crippen LogP contribution < -0.4 is 0 Å². The van der Waals surface area contributed by atoms with Gasteiger partial charge in [-0.3, -0.25) is 4.79 Å². The molecule has 1 unspecified atom stereocenters. The highest BCUT2D eigenvalue weighted by atomic mass is 28.3. The molecule has 0 heterocycles. The van der Waals surface area contributed by atoms with E-state index in [0.717, 1.165) is 6.08 Å². The zero-order valence-electron chi connectivity index (χ0n) is 10.9. The van der Waals surface area contributed by atoms with E-state index >= 15 is 0 Å². The van der Waals surface area contributed by atoms with E-state index in [1.54, 1.807) is 50.0 Å². The van der Waals surface area contributed by atoms with Crippen LogP contribution in [0, 0.1) is 0 Å². The van der Waals surface area contributed by atoms with Crippen LogP contribution in [0.2, 0.25) is 19.6 Å². The van der Waals surface area contributed by atoms with Gasteiger partial charge in [0.15, 0.2) is 5.41 Å². The van der Waals surface area contributed by atoms with Crippen molar-refractivity contribution in [3.63, 3.8) is 0 Å². The molecule has 1 aromatic rings. The summed E-state index contributed by atoms with van der Waals surface area (Å²) in [5, 5.41) is -0.927. The molecule has 0 bridgehead atoms. The molecule has 98 valence electrons. The highest BCUT2D eigenvalue weighted by molar-refractivity contribution is 7.04. The molecule has 0 radical (unpaired) electrons. The van der Waals surface area contributed by atoms with Gasteiger partial charge in [0, 0.05) is 0 Å². The molecule has 0 spiro atoms. The number of alkyl halides is 2. The Balaban J connectivity index is 3.17. The Morgan fingerprint density at radius 3 is 2.17 bits per heavy atom. The van der Waals surface area contributed by atoms with Gasteiger partial charge in [0.25, 0.3) is 0 Å². The smallest absolute Gasteiger partial charge is 0.299 e. The first-order valence-electron chi connectivity index (χ1n) is 5.81. The minimum atomic E-state index is -3.38. The summed E-state index contributed by atoms with van der Waals surface area (Å²) in [5.41, 5.74) is 0.420. The molecule has 0 saturated carbocycles. The lowest BCUT2D eigenvalue weighted by atomic mass is 9.93. The lowest BCUT2D eigenvalue weighted by Gasteiger charge is -2.28. The van der Waals surface area contributed by atoms with Crippen LogP contribution in [0.4, 0.5) is 8.78 Å². The van der Waals surface area contributed by atoms with Crippen LogP contribution in [0.5, 0.6) is 0 Å². The summed E-state index contributed by atoms with van der Waals surface area (Å²) in [4.78, 5) is 11.9. The molecule has 1 aromatic carbocycles. The van der Waals surface area contributed by atoms with Crippen molar-refractivity contribution in [1.29, 1.82) is 0 Å². The predicted octanol–water partition coefficient (Wildman–Crippen LogP) is 4.04. The van der Waals surface area contributed by atoms with Crippen molar-refractivity contribution in [3.05, 3.63) is 48.6 Å². The van der Waals surface area contributed by atoms with Crippen LogP contribution in [0.25, 0.3) is 0 Å². The van der Waals surface area contributed by atoms with Crippen LogP contribution >= 0.6 is 0 Å². The van der Waals surface area contributed by atoms with E-state index in [2.05, 4.69) is 6.58 Å². The SMILES string of the molecule is C=CC(c1ccccc1)C(F)(F)C(=O)[Si](C)(C)C. The Labute approximate surface area is 108 Å². The van der Waals surface area contributed by atoms with Crippen molar-refractivity contribution < 1.29 is 13.6 Å². The first-order chi connectivity index (χ1) is 8.21. The Bertz CT molecular complexity index is 435. The summed E-state index contributed by atoms with van der Waals surface area (Å²) in [6, 6.07) is 8.30.